The molecule has 4 nitrogen and oxygen atoms in total. The van der Waals surface area contributed by atoms with E-state index in [1.54, 1.807) is 16.4 Å². The van der Waals surface area contributed by atoms with E-state index in [2.05, 4.69) is 4.98 Å². The van der Waals surface area contributed by atoms with E-state index >= 15 is 0 Å². The van der Waals surface area contributed by atoms with Gasteiger partial charge in [-0.2, -0.15) is 5.26 Å². The first-order valence-corrected chi connectivity index (χ1v) is 8.43. The number of amides is 1. The highest BCUT2D eigenvalue weighted by molar-refractivity contribution is 8.26. The second-order valence-electron chi connectivity index (χ2n) is 4.44. The van der Waals surface area contributed by atoms with Crippen molar-refractivity contribution < 1.29 is 4.79 Å². The molecule has 0 atom stereocenters. The van der Waals surface area contributed by atoms with Gasteiger partial charge in [-0.25, -0.2) is 4.98 Å². The van der Waals surface area contributed by atoms with Crippen molar-refractivity contribution in [2.24, 2.45) is 0 Å². The minimum absolute atomic E-state index is 0.120. The van der Waals surface area contributed by atoms with Crippen LogP contribution in [0.4, 0.5) is 0 Å². The first kappa shape index (κ1) is 14.9. The summed E-state index contributed by atoms with van der Waals surface area (Å²) in [6.07, 6.45) is 1.68. The summed E-state index contributed by atoms with van der Waals surface area (Å²) < 4.78 is 0.538. The highest BCUT2D eigenvalue weighted by atomic mass is 32.2. The number of hydrogen-bond donors (Lipinski definition) is 0. The Balaban J connectivity index is 1.81. The molecule has 1 aromatic carbocycles. The Bertz CT molecular complexity index is 805. The molecular weight excluding hydrogens is 334 g/mol. The van der Waals surface area contributed by atoms with Gasteiger partial charge in [-0.15, -0.1) is 11.3 Å². The van der Waals surface area contributed by atoms with Crippen LogP contribution in [0.5, 0.6) is 0 Å². The molecule has 0 N–H and O–H groups in total. The van der Waals surface area contributed by atoms with E-state index in [0.717, 1.165) is 5.56 Å². The number of nitrogens with zero attached hydrogens (tertiary/aromatic N) is 3. The quantitative estimate of drug-likeness (QED) is 0.631. The number of rotatable bonds is 3. The smallest absolute Gasteiger partial charge is 0.266 e. The van der Waals surface area contributed by atoms with Crippen LogP contribution in [0.3, 0.4) is 0 Å². The minimum Gasteiger partial charge on any atom is -0.288 e. The van der Waals surface area contributed by atoms with Crippen molar-refractivity contribution in [1.82, 2.24) is 9.88 Å². The average Bonchev–Trinajstić information content (AvgIpc) is 3.09. The summed E-state index contributed by atoms with van der Waals surface area (Å²) in [4.78, 5) is 18.7. The van der Waals surface area contributed by atoms with Crippen LogP contribution in [0.25, 0.3) is 6.08 Å². The summed E-state index contributed by atoms with van der Waals surface area (Å²) in [5, 5.41) is 10.9. The predicted molar refractivity (Wildman–Crippen MR) is 92.0 cm³/mol. The summed E-state index contributed by atoms with van der Waals surface area (Å²) in [6.45, 7) is 0.462. The van der Waals surface area contributed by atoms with E-state index < -0.39 is 0 Å². The van der Waals surface area contributed by atoms with Crippen LogP contribution in [0.2, 0.25) is 0 Å². The summed E-state index contributed by atoms with van der Waals surface area (Å²) >= 11 is 7.81. The fourth-order valence-electron chi connectivity index (χ4n) is 1.94. The lowest BCUT2D eigenvalue weighted by molar-refractivity contribution is -0.122. The summed E-state index contributed by atoms with van der Waals surface area (Å²) in [7, 11) is 0. The van der Waals surface area contributed by atoms with Gasteiger partial charge < -0.3 is 0 Å². The average molecular weight is 343 g/mol. The lowest BCUT2D eigenvalue weighted by atomic mass is 10.2. The maximum Gasteiger partial charge on any atom is 0.266 e. The fraction of sp³-hybridized carbons (Fsp3) is 0.0667. The largest absolute Gasteiger partial charge is 0.288 e. The standard InChI is InChI=1S/C15H9N3OS3/c16-7-13-17-11(9-21-13)6-12-14(19)18(15(20)22-12)8-10-4-2-1-3-5-10/h1-6,9H,8H2. The number of aromatic nitrogens is 1. The molecule has 0 unspecified atom stereocenters. The van der Waals surface area contributed by atoms with Gasteiger partial charge in [-0.1, -0.05) is 54.3 Å². The number of hydrogen-bond acceptors (Lipinski definition) is 6. The van der Waals surface area contributed by atoms with Crippen molar-refractivity contribution in [3.8, 4) is 6.07 Å². The second-order valence-corrected chi connectivity index (χ2v) is 6.98. The van der Waals surface area contributed by atoms with Crippen LogP contribution < -0.4 is 0 Å². The van der Waals surface area contributed by atoms with E-state index in [1.165, 1.54) is 23.1 Å². The number of carbonyl (C=O) groups is 1. The van der Waals surface area contributed by atoms with E-state index in [-0.39, 0.29) is 5.91 Å². The molecule has 2 aromatic rings. The molecule has 22 heavy (non-hydrogen) atoms. The zero-order chi connectivity index (χ0) is 15.5. The molecular formula is C15H9N3OS3. The van der Waals surface area contributed by atoms with E-state index in [4.69, 9.17) is 17.5 Å². The van der Waals surface area contributed by atoms with Crippen LogP contribution in [0.15, 0.2) is 40.6 Å². The normalized spacial score (nSPS) is 16.3. The first-order valence-electron chi connectivity index (χ1n) is 6.32. The third-order valence-corrected chi connectivity index (χ3v) is 5.10. The molecule has 0 saturated carbocycles. The topological polar surface area (TPSA) is 57.0 Å². The molecule has 0 spiro atoms. The molecule has 1 aromatic heterocycles. The Labute approximate surface area is 141 Å². The van der Waals surface area contributed by atoms with Gasteiger partial charge in [0.1, 0.15) is 10.4 Å². The van der Waals surface area contributed by atoms with Crippen LogP contribution in [0.1, 0.15) is 16.3 Å². The highest BCUT2D eigenvalue weighted by Gasteiger charge is 2.32. The molecule has 0 radical (unpaired) electrons. The number of thiocarbonyl (C=S) groups is 1. The predicted octanol–water partition coefficient (Wildman–Crippen LogP) is 3.42. The molecule has 1 aliphatic rings. The van der Waals surface area contributed by atoms with Crippen LogP contribution in [-0.2, 0) is 11.3 Å². The number of nitriles is 1. The molecule has 108 valence electrons. The molecule has 0 aliphatic carbocycles. The lowest BCUT2D eigenvalue weighted by Crippen LogP contribution is -2.27. The number of thiazole rings is 1. The minimum atomic E-state index is -0.120. The zero-order valence-corrected chi connectivity index (χ0v) is 13.7. The van der Waals surface area contributed by atoms with Gasteiger partial charge in [0.05, 0.1) is 17.1 Å². The molecule has 3 rings (SSSR count). The van der Waals surface area contributed by atoms with Gasteiger partial charge in [-0.3, -0.25) is 9.69 Å². The van der Waals surface area contributed by atoms with E-state index in [0.29, 0.717) is 26.5 Å². The van der Waals surface area contributed by atoms with Crippen molar-refractivity contribution in [2.45, 2.75) is 6.54 Å². The third kappa shape index (κ3) is 3.09. The Morgan fingerprint density at radius 3 is 2.82 bits per heavy atom. The first-order chi connectivity index (χ1) is 10.7. The van der Waals surface area contributed by atoms with Crippen molar-refractivity contribution in [1.29, 1.82) is 5.26 Å². The van der Waals surface area contributed by atoms with Crippen LogP contribution in [-0.4, -0.2) is 20.1 Å². The van der Waals surface area contributed by atoms with Crippen molar-refractivity contribution in [3.05, 3.63) is 56.9 Å². The Morgan fingerprint density at radius 2 is 2.14 bits per heavy atom. The van der Waals surface area contributed by atoms with Crippen LogP contribution in [0, 0.1) is 11.3 Å². The molecule has 1 saturated heterocycles. The summed E-state index contributed by atoms with van der Waals surface area (Å²) in [6, 6.07) is 11.7. The zero-order valence-electron chi connectivity index (χ0n) is 11.2. The van der Waals surface area contributed by atoms with Crippen molar-refractivity contribution in [2.75, 3.05) is 0 Å². The molecule has 1 fully saturated rings. The van der Waals surface area contributed by atoms with Crippen LogP contribution >= 0.6 is 35.3 Å². The fourth-order valence-corrected chi connectivity index (χ4v) is 3.74. The Hall–Kier alpha value is -2.01. The highest BCUT2D eigenvalue weighted by Crippen LogP contribution is 2.33. The maximum atomic E-state index is 12.5. The lowest BCUT2D eigenvalue weighted by Gasteiger charge is -2.14. The van der Waals surface area contributed by atoms with Gasteiger partial charge in [0.2, 0.25) is 0 Å². The van der Waals surface area contributed by atoms with E-state index in [1.807, 2.05) is 36.4 Å². The maximum absolute atomic E-state index is 12.5. The van der Waals surface area contributed by atoms with Gasteiger partial charge >= 0.3 is 0 Å². The third-order valence-electron chi connectivity index (χ3n) is 2.95. The monoisotopic (exact) mass is 343 g/mol. The summed E-state index contributed by atoms with van der Waals surface area (Å²) in [5.41, 5.74) is 1.64. The van der Waals surface area contributed by atoms with E-state index in [9.17, 15) is 4.79 Å². The Morgan fingerprint density at radius 1 is 1.36 bits per heavy atom. The summed E-state index contributed by atoms with van der Waals surface area (Å²) in [5.74, 6) is -0.120. The molecule has 0 bridgehead atoms. The van der Waals surface area contributed by atoms with Gasteiger partial charge in [0, 0.05) is 5.38 Å². The number of carbonyl (C=O) groups excluding carboxylic acids is 1. The van der Waals surface area contributed by atoms with Crippen molar-refractivity contribution in [3.63, 3.8) is 0 Å². The van der Waals surface area contributed by atoms with Gasteiger partial charge in [-0.05, 0) is 11.6 Å². The molecule has 2 heterocycles. The second kappa shape index (κ2) is 6.40. The van der Waals surface area contributed by atoms with Crippen molar-refractivity contribution >= 4 is 51.6 Å². The van der Waals surface area contributed by atoms with Gasteiger partial charge in [0.25, 0.3) is 5.91 Å². The number of thioether (sulfide) groups is 1. The molecule has 1 amide bonds. The van der Waals surface area contributed by atoms with Gasteiger partial charge in [0.15, 0.2) is 5.01 Å². The molecule has 7 heteroatoms. The number of benzene rings is 1. The SMILES string of the molecule is N#Cc1nc(C=C2SC(=S)N(Cc3ccccc3)C2=O)cs1. The molecule has 1 aliphatic heterocycles. The Kier molecular flexibility index (Phi) is 4.34.